The fraction of sp³-hybridized carbons (Fsp3) is 0.750. The number of rotatable bonds is 2. The number of hydrogen-bond donors (Lipinski definition) is 0. The van der Waals surface area contributed by atoms with Crippen molar-refractivity contribution in [1.29, 1.82) is 0 Å². The van der Waals surface area contributed by atoms with Crippen LogP contribution in [0.4, 0.5) is 0 Å². The first kappa shape index (κ1) is 6.65. The van der Waals surface area contributed by atoms with Gasteiger partial charge in [-0.05, 0) is 4.57 Å². The summed E-state index contributed by atoms with van der Waals surface area (Å²) in [4.78, 5) is 10.1. The number of esters is 1. The van der Waals surface area contributed by atoms with Crippen molar-refractivity contribution in [2.45, 2.75) is 12.3 Å². The van der Waals surface area contributed by atoms with Gasteiger partial charge in [-0.2, -0.15) is 0 Å². The van der Waals surface area contributed by atoms with Gasteiger partial charge in [0.1, 0.15) is 6.42 Å². The molecule has 0 N–H and O–H groups in total. The third-order valence-corrected chi connectivity index (χ3v) is 2.14. The second-order valence-electron chi connectivity index (χ2n) is 1.62. The number of hydrogen-bond acceptors (Lipinski definition) is 4. The van der Waals surface area contributed by atoms with Crippen LogP contribution in [0.3, 0.4) is 0 Å². The zero-order chi connectivity index (χ0) is 6.85. The van der Waals surface area contributed by atoms with E-state index in [4.69, 9.17) is 0 Å². The molecule has 0 bridgehead atoms. The van der Waals surface area contributed by atoms with Crippen LogP contribution < -0.4 is 0 Å². The van der Waals surface area contributed by atoms with E-state index in [1.807, 2.05) is 0 Å². The SMILES string of the molecule is CO[P+](=O)C1CC(=O)O1. The average molecular weight is 149 g/mol. The van der Waals surface area contributed by atoms with Crippen LogP contribution in [0.25, 0.3) is 0 Å². The Labute approximate surface area is 53.0 Å². The number of cyclic esters (lactones) is 1. The molecule has 1 saturated heterocycles. The Balaban J connectivity index is 2.31. The molecule has 0 aliphatic carbocycles. The number of carbonyl (C=O) groups excluding carboxylic acids is 1. The monoisotopic (exact) mass is 149 g/mol. The highest BCUT2D eigenvalue weighted by molar-refractivity contribution is 7.40. The van der Waals surface area contributed by atoms with Crippen molar-refractivity contribution in [3.63, 3.8) is 0 Å². The summed E-state index contributed by atoms with van der Waals surface area (Å²) in [5, 5.41) is 0. The van der Waals surface area contributed by atoms with Crippen LogP contribution in [0.2, 0.25) is 0 Å². The smallest absolute Gasteiger partial charge is 0.413 e. The summed E-state index contributed by atoms with van der Waals surface area (Å²) in [6.45, 7) is 0. The minimum absolute atomic E-state index is 0.225. The maximum Gasteiger partial charge on any atom is 0.553 e. The molecule has 0 spiro atoms. The highest BCUT2D eigenvalue weighted by atomic mass is 31.1. The summed E-state index contributed by atoms with van der Waals surface area (Å²) in [6.07, 6.45) is 0.225. The predicted octanol–water partition coefficient (Wildman–Crippen LogP) is 0.648. The number of carbonyl (C=O) groups is 1. The van der Waals surface area contributed by atoms with Gasteiger partial charge in [0.15, 0.2) is 0 Å². The number of ether oxygens (including phenoxy) is 1. The molecule has 50 valence electrons. The minimum Gasteiger partial charge on any atom is -0.413 e. The van der Waals surface area contributed by atoms with Gasteiger partial charge in [-0.1, -0.05) is 0 Å². The summed E-state index contributed by atoms with van der Waals surface area (Å²) in [5.41, 5.74) is 0. The molecule has 0 aromatic carbocycles. The maximum absolute atomic E-state index is 10.6. The Morgan fingerprint density at radius 1 is 1.89 bits per heavy atom. The molecule has 1 rings (SSSR count). The van der Waals surface area contributed by atoms with Crippen molar-refractivity contribution in [3.8, 4) is 0 Å². The van der Waals surface area contributed by atoms with Crippen molar-refractivity contribution in [2.75, 3.05) is 7.11 Å². The lowest BCUT2D eigenvalue weighted by Crippen LogP contribution is -2.29. The van der Waals surface area contributed by atoms with E-state index < -0.39 is 13.9 Å². The van der Waals surface area contributed by atoms with E-state index in [0.29, 0.717) is 0 Å². The van der Waals surface area contributed by atoms with E-state index in [0.717, 1.165) is 0 Å². The largest absolute Gasteiger partial charge is 0.553 e. The highest BCUT2D eigenvalue weighted by Crippen LogP contribution is 2.37. The Morgan fingerprint density at radius 2 is 2.44 bits per heavy atom. The Kier molecular flexibility index (Phi) is 1.78. The summed E-state index contributed by atoms with van der Waals surface area (Å²) >= 11 is 0. The van der Waals surface area contributed by atoms with Gasteiger partial charge in [0, 0.05) is 0 Å². The first-order chi connectivity index (χ1) is 4.24. The molecule has 0 aromatic heterocycles. The summed E-state index contributed by atoms with van der Waals surface area (Å²) in [5.74, 6) is -0.794. The fourth-order valence-corrected chi connectivity index (χ4v) is 1.26. The molecule has 4 nitrogen and oxygen atoms in total. The molecule has 9 heavy (non-hydrogen) atoms. The minimum atomic E-state index is -1.77. The zero-order valence-electron chi connectivity index (χ0n) is 4.86. The molecule has 0 radical (unpaired) electrons. The van der Waals surface area contributed by atoms with Crippen molar-refractivity contribution in [1.82, 2.24) is 0 Å². The zero-order valence-corrected chi connectivity index (χ0v) is 5.76. The molecule has 0 amide bonds. The van der Waals surface area contributed by atoms with Crippen LogP contribution in [-0.2, 0) is 18.6 Å². The summed E-state index contributed by atoms with van der Waals surface area (Å²) < 4.78 is 19.5. The normalized spacial score (nSPS) is 26.6. The standard InChI is InChI=1S/C4H6O4P/c1-7-9(6)4-2-3(5)8-4/h4H,2H2,1H3/q+1. The fourth-order valence-electron chi connectivity index (χ4n) is 0.520. The van der Waals surface area contributed by atoms with E-state index in [-0.39, 0.29) is 12.4 Å². The lowest BCUT2D eigenvalue weighted by atomic mass is 10.4. The van der Waals surface area contributed by atoms with E-state index in [9.17, 15) is 9.36 Å². The van der Waals surface area contributed by atoms with Gasteiger partial charge in [0.2, 0.25) is 0 Å². The van der Waals surface area contributed by atoms with Crippen LogP contribution in [-0.4, -0.2) is 18.9 Å². The van der Waals surface area contributed by atoms with Gasteiger partial charge >= 0.3 is 19.8 Å². The third kappa shape index (κ3) is 1.26. The molecule has 2 atom stereocenters. The summed E-state index contributed by atoms with van der Waals surface area (Å²) in [7, 11) is -0.448. The third-order valence-electron chi connectivity index (χ3n) is 1.02. The van der Waals surface area contributed by atoms with Crippen LogP contribution in [0.5, 0.6) is 0 Å². The van der Waals surface area contributed by atoms with E-state index in [1.165, 1.54) is 7.11 Å². The lowest BCUT2D eigenvalue weighted by molar-refractivity contribution is -0.161. The van der Waals surface area contributed by atoms with E-state index in [2.05, 4.69) is 9.26 Å². The second kappa shape index (κ2) is 2.42. The molecule has 0 saturated carbocycles. The van der Waals surface area contributed by atoms with Gasteiger partial charge in [0.05, 0.1) is 7.11 Å². The average Bonchev–Trinajstić information content (AvgIpc) is 1.79. The van der Waals surface area contributed by atoms with Crippen molar-refractivity contribution in [2.24, 2.45) is 0 Å². The molecule has 1 aliphatic heterocycles. The van der Waals surface area contributed by atoms with Crippen molar-refractivity contribution < 1.29 is 18.6 Å². The van der Waals surface area contributed by atoms with Gasteiger partial charge in [-0.25, -0.2) is 0 Å². The molecule has 1 fully saturated rings. The van der Waals surface area contributed by atoms with E-state index in [1.54, 1.807) is 0 Å². The molecular formula is C4H6O4P+. The van der Waals surface area contributed by atoms with Crippen molar-refractivity contribution >= 4 is 14.0 Å². The van der Waals surface area contributed by atoms with Crippen LogP contribution >= 0.6 is 8.03 Å². The van der Waals surface area contributed by atoms with Crippen LogP contribution in [0.1, 0.15) is 6.42 Å². The van der Waals surface area contributed by atoms with Gasteiger partial charge < -0.3 is 4.74 Å². The Hall–Kier alpha value is -0.470. The van der Waals surface area contributed by atoms with Gasteiger partial charge in [-0.3, -0.25) is 4.79 Å². The first-order valence-electron chi connectivity index (χ1n) is 2.44. The first-order valence-corrected chi connectivity index (χ1v) is 3.68. The second-order valence-corrected chi connectivity index (χ2v) is 3.13. The molecular weight excluding hydrogens is 143 g/mol. The maximum atomic E-state index is 10.6. The van der Waals surface area contributed by atoms with Crippen LogP contribution in [0, 0.1) is 0 Å². The van der Waals surface area contributed by atoms with Gasteiger partial charge in [0.25, 0.3) is 0 Å². The summed E-state index contributed by atoms with van der Waals surface area (Å²) in [6, 6.07) is 0. The van der Waals surface area contributed by atoms with Crippen molar-refractivity contribution in [3.05, 3.63) is 0 Å². The molecule has 0 aromatic rings. The lowest BCUT2D eigenvalue weighted by Gasteiger charge is -2.13. The topological polar surface area (TPSA) is 52.6 Å². The predicted molar refractivity (Wildman–Crippen MR) is 29.1 cm³/mol. The molecule has 2 unspecified atom stereocenters. The van der Waals surface area contributed by atoms with E-state index >= 15 is 0 Å². The van der Waals surface area contributed by atoms with Crippen LogP contribution in [0.15, 0.2) is 0 Å². The highest BCUT2D eigenvalue weighted by Gasteiger charge is 2.45. The Bertz CT molecular complexity index is 147. The molecule has 5 heteroatoms. The Morgan fingerprint density at radius 3 is 2.78 bits per heavy atom. The molecule has 1 aliphatic rings. The molecule has 1 heterocycles. The quantitative estimate of drug-likeness (QED) is 0.427. The van der Waals surface area contributed by atoms with Gasteiger partial charge in [-0.15, -0.1) is 4.52 Å².